The fraction of sp³-hybridized carbons (Fsp3) is 0.250. The number of amides is 1. The number of carbonyl (C=O) groups is 2. The third kappa shape index (κ3) is 5.00. The zero-order valence-electron chi connectivity index (χ0n) is 17.4. The number of anilines is 1. The summed E-state index contributed by atoms with van der Waals surface area (Å²) >= 11 is 3.47. The number of aromatic nitrogens is 1. The van der Waals surface area contributed by atoms with Gasteiger partial charge in [0.2, 0.25) is 5.91 Å². The van der Waals surface area contributed by atoms with Crippen LogP contribution >= 0.6 is 15.9 Å². The number of hydrogen-bond donors (Lipinski definition) is 1. The fourth-order valence-electron chi connectivity index (χ4n) is 3.36. The molecule has 0 saturated heterocycles. The van der Waals surface area contributed by atoms with Crippen LogP contribution in [0.15, 0.2) is 59.1 Å². The summed E-state index contributed by atoms with van der Waals surface area (Å²) in [6.45, 7) is 6.42. The standard InChI is InChI=1S/C24H25BrN2O3/c1-4-30-24(29)20-15-22(18-8-6-5-7-9-18)27(17(20)3)13-12-23(28)26-19-10-11-21(25)16(2)14-19/h5-11,14-15H,4,12-13H2,1-3H3,(H,26,28). The van der Waals surface area contributed by atoms with Crippen molar-refractivity contribution in [3.8, 4) is 11.3 Å². The molecule has 0 unspecified atom stereocenters. The highest BCUT2D eigenvalue weighted by Gasteiger charge is 2.20. The molecule has 0 fully saturated rings. The summed E-state index contributed by atoms with van der Waals surface area (Å²) in [5.41, 5.74) is 5.02. The van der Waals surface area contributed by atoms with Gasteiger partial charge in [-0.2, -0.15) is 0 Å². The zero-order chi connectivity index (χ0) is 21.7. The Morgan fingerprint density at radius 2 is 1.80 bits per heavy atom. The van der Waals surface area contributed by atoms with Gasteiger partial charge in [-0.25, -0.2) is 4.79 Å². The summed E-state index contributed by atoms with van der Waals surface area (Å²) < 4.78 is 8.21. The molecule has 30 heavy (non-hydrogen) atoms. The van der Waals surface area contributed by atoms with Gasteiger partial charge >= 0.3 is 5.97 Å². The van der Waals surface area contributed by atoms with E-state index in [-0.39, 0.29) is 18.3 Å². The molecular formula is C24H25BrN2O3. The van der Waals surface area contributed by atoms with Crippen molar-refractivity contribution >= 4 is 33.5 Å². The first-order valence-electron chi connectivity index (χ1n) is 9.89. The van der Waals surface area contributed by atoms with Gasteiger partial charge in [0.05, 0.1) is 12.2 Å². The average Bonchev–Trinajstić information content (AvgIpc) is 3.06. The van der Waals surface area contributed by atoms with Gasteiger partial charge in [0, 0.05) is 34.5 Å². The summed E-state index contributed by atoms with van der Waals surface area (Å²) in [5, 5.41) is 2.94. The molecule has 1 amide bonds. The maximum absolute atomic E-state index is 12.6. The van der Waals surface area contributed by atoms with Crippen molar-refractivity contribution in [2.75, 3.05) is 11.9 Å². The Kier molecular flexibility index (Phi) is 7.11. The van der Waals surface area contributed by atoms with E-state index in [0.717, 1.165) is 32.7 Å². The molecule has 0 aliphatic heterocycles. The first-order chi connectivity index (χ1) is 14.4. The van der Waals surface area contributed by atoms with Crippen LogP contribution < -0.4 is 5.32 Å². The Hall–Kier alpha value is -2.86. The van der Waals surface area contributed by atoms with E-state index in [0.29, 0.717) is 18.7 Å². The molecular weight excluding hydrogens is 444 g/mol. The number of hydrogen-bond acceptors (Lipinski definition) is 3. The molecule has 3 rings (SSSR count). The SMILES string of the molecule is CCOC(=O)c1cc(-c2ccccc2)n(CCC(=O)Nc2ccc(Br)c(C)c2)c1C. The summed E-state index contributed by atoms with van der Waals surface area (Å²) in [5.74, 6) is -0.428. The predicted octanol–water partition coefficient (Wildman–Crippen LogP) is 5.74. The normalized spacial score (nSPS) is 10.7. The van der Waals surface area contributed by atoms with E-state index in [4.69, 9.17) is 4.74 Å². The van der Waals surface area contributed by atoms with E-state index in [1.165, 1.54) is 0 Å². The molecule has 0 bridgehead atoms. The van der Waals surface area contributed by atoms with Crippen LogP contribution in [0.25, 0.3) is 11.3 Å². The van der Waals surface area contributed by atoms with Crippen molar-refractivity contribution in [2.45, 2.75) is 33.7 Å². The maximum atomic E-state index is 12.6. The molecule has 5 nitrogen and oxygen atoms in total. The van der Waals surface area contributed by atoms with Crippen LogP contribution in [0.1, 0.15) is 35.0 Å². The summed E-state index contributed by atoms with van der Waals surface area (Å²) in [6.07, 6.45) is 0.284. The smallest absolute Gasteiger partial charge is 0.339 e. The Balaban J connectivity index is 1.82. The number of carbonyl (C=O) groups excluding carboxylic acids is 2. The molecule has 1 aromatic heterocycles. The highest BCUT2D eigenvalue weighted by Crippen LogP contribution is 2.27. The number of aryl methyl sites for hydroxylation is 1. The van der Waals surface area contributed by atoms with E-state index in [2.05, 4.69) is 21.2 Å². The van der Waals surface area contributed by atoms with Gasteiger partial charge in [-0.3, -0.25) is 4.79 Å². The van der Waals surface area contributed by atoms with Crippen molar-refractivity contribution in [2.24, 2.45) is 0 Å². The Morgan fingerprint density at radius 1 is 1.07 bits per heavy atom. The molecule has 0 atom stereocenters. The second kappa shape index (κ2) is 9.76. The summed E-state index contributed by atoms with van der Waals surface area (Å²) in [7, 11) is 0. The van der Waals surface area contributed by atoms with Crippen LogP contribution in [-0.2, 0) is 16.1 Å². The van der Waals surface area contributed by atoms with Crippen molar-refractivity contribution in [3.63, 3.8) is 0 Å². The first-order valence-corrected chi connectivity index (χ1v) is 10.7. The van der Waals surface area contributed by atoms with Gasteiger partial charge < -0.3 is 14.6 Å². The van der Waals surface area contributed by atoms with Crippen molar-refractivity contribution in [1.29, 1.82) is 0 Å². The third-order valence-electron chi connectivity index (χ3n) is 4.94. The Labute approximate surface area is 185 Å². The number of nitrogens with zero attached hydrogens (tertiary/aromatic N) is 1. The maximum Gasteiger partial charge on any atom is 0.339 e. The Bertz CT molecular complexity index is 1060. The number of ether oxygens (including phenoxy) is 1. The molecule has 0 spiro atoms. The molecule has 0 saturated carbocycles. The lowest BCUT2D eigenvalue weighted by Crippen LogP contribution is -2.16. The van der Waals surface area contributed by atoms with E-state index < -0.39 is 0 Å². The minimum atomic E-state index is -0.347. The summed E-state index contributed by atoms with van der Waals surface area (Å²) in [6, 6.07) is 17.4. The lowest BCUT2D eigenvalue weighted by atomic mass is 10.1. The second-order valence-electron chi connectivity index (χ2n) is 7.03. The van der Waals surface area contributed by atoms with Crippen LogP contribution in [0, 0.1) is 13.8 Å². The quantitative estimate of drug-likeness (QED) is 0.449. The lowest BCUT2D eigenvalue weighted by Gasteiger charge is -2.13. The molecule has 1 heterocycles. The van der Waals surface area contributed by atoms with E-state index >= 15 is 0 Å². The highest BCUT2D eigenvalue weighted by molar-refractivity contribution is 9.10. The number of benzene rings is 2. The molecule has 0 aliphatic carbocycles. The number of nitrogens with one attached hydrogen (secondary N) is 1. The largest absolute Gasteiger partial charge is 0.462 e. The third-order valence-corrected chi connectivity index (χ3v) is 5.83. The van der Waals surface area contributed by atoms with Crippen LogP contribution in [0.4, 0.5) is 5.69 Å². The molecule has 0 radical (unpaired) electrons. The molecule has 2 aromatic carbocycles. The van der Waals surface area contributed by atoms with E-state index in [9.17, 15) is 9.59 Å². The average molecular weight is 469 g/mol. The minimum absolute atomic E-state index is 0.0819. The monoisotopic (exact) mass is 468 g/mol. The molecule has 6 heteroatoms. The van der Waals surface area contributed by atoms with Crippen molar-refractivity contribution < 1.29 is 14.3 Å². The van der Waals surface area contributed by atoms with Gasteiger partial charge in [0.15, 0.2) is 0 Å². The molecule has 1 N–H and O–H groups in total. The van der Waals surface area contributed by atoms with Gasteiger partial charge in [0.1, 0.15) is 0 Å². The van der Waals surface area contributed by atoms with Crippen molar-refractivity contribution in [3.05, 3.63) is 75.9 Å². The summed E-state index contributed by atoms with van der Waals surface area (Å²) in [4.78, 5) is 24.9. The molecule has 156 valence electrons. The van der Waals surface area contributed by atoms with Crippen LogP contribution in [0.5, 0.6) is 0 Å². The molecule has 0 aliphatic rings. The second-order valence-corrected chi connectivity index (χ2v) is 7.88. The van der Waals surface area contributed by atoms with E-state index in [1.807, 2.05) is 73.0 Å². The number of halogens is 1. The van der Waals surface area contributed by atoms with Crippen LogP contribution in [0.3, 0.4) is 0 Å². The molecule has 3 aromatic rings. The lowest BCUT2D eigenvalue weighted by molar-refractivity contribution is -0.116. The van der Waals surface area contributed by atoms with Gasteiger partial charge in [-0.15, -0.1) is 0 Å². The highest BCUT2D eigenvalue weighted by atomic mass is 79.9. The van der Waals surface area contributed by atoms with Gasteiger partial charge in [-0.1, -0.05) is 46.3 Å². The first kappa shape index (κ1) is 21.8. The van der Waals surface area contributed by atoms with Crippen molar-refractivity contribution in [1.82, 2.24) is 4.57 Å². The van der Waals surface area contributed by atoms with E-state index in [1.54, 1.807) is 6.92 Å². The van der Waals surface area contributed by atoms with Gasteiger partial charge in [0.25, 0.3) is 0 Å². The van der Waals surface area contributed by atoms with Crippen LogP contribution in [0.2, 0.25) is 0 Å². The number of esters is 1. The van der Waals surface area contributed by atoms with Gasteiger partial charge in [-0.05, 0) is 56.2 Å². The predicted molar refractivity (Wildman–Crippen MR) is 123 cm³/mol. The Morgan fingerprint density at radius 3 is 2.47 bits per heavy atom. The fourth-order valence-corrected chi connectivity index (χ4v) is 3.60. The zero-order valence-corrected chi connectivity index (χ0v) is 19.0. The van der Waals surface area contributed by atoms with Crippen LogP contribution in [-0.4, -0.2) is 23.1 Å². The minimum Gasteiger partial charge on any atom is -0.462 e. The number of rotatable bonds is 7. The topological polar surface area (TPSA) is 60.3 Å².